The number of nitrogens with zero attached hydrogens (tertiary/aromatic N) is 1. The Bertz CT molecular complexity index is 986. The molecule has 3 aromatic rings. The highest BCUT2D eigenvalue weighted by atomic mass is 79.9. The molecular formula is C22H17BrN2O3. The standard InChI is InChI=1S/C22H17BrN2O3/c23-20-9-5-4-8-19(20)22(27)28-18-12-10-17(11-13-18)15-24-25-21(26)14-16-6-2-1-3-7-16/h1-13,15H,14H2,(H,25,26). The Morgan fingerprint density at radius 2 is 1.61 bits per heavy atom. The summed E-state index contributed by atoms with van der Waals surface area (Å²) in [4.78, 5) is 24.0. The smallest absolute Gasteiger partial charge is 0.344 e. The molecule has 0 bridgehead atoms. The lowest BCUT2D eigenvalue weighted by Crippen LogP contribution is -2.19. The summed E-state index contributed by atoms with van der Waals surface area (Å²) in [6.07, 6.45) is 1.80. The molecule has 0 unspecified atom stereocenters. The normalized spacial score (nSPS) is 10.6. The molecule has 1 amide bonds. The lowest BCUT2D eigenvalue weighted by Gasteiger charge is -2.06. The summed E-state index contributed by atoms with van der Waals surface area (Å²) in [6, 6.07) is 23.3. The highest BCUT2D eigenvalue weighted by Gasteiger charge is 2.11. The molecule has 0 aromatic heterocycles. The van der Waals surface area contributed by atoms with Crippen molar-refractivity contribution >= 4 is 34.0 Å². The molecule has 3 aromatic carbocycles. The Morgan fingerprint density at radius 3 is 2.32 bits per heavy atom. The summed E-state index contributed by atoms with van der Waals surface area (Å²) in [5.41, 5.74) is 4.63. The maximum absolute atomic E-state index is 12.2. The van der Waals surface area contributed by atoms with E-state index >= 15 is 0 Å². The largest absolute Gasteiger partial charge is 0.423 e. The van der Waals surface area contributed by atoms with Gasteiger partial charge in [0.05, 0.1) is 18.2 Å². The first-order valence-electron chi connectivity index (χ1n) is 8.54. The fourth-order valence-corrected chi connectivity index (χ4v) is 2.86. The molecule has 1 N–H and O–H groups in total. The second kappa shape index (κ2) is 9.62. The molecule has 0 fully saturated rings. The van der Waals surface area contributed by atoms with Crippen LogP contribution in [0.3, 0.4) is 0 Å². The molecule has 0 radical (unpaired) electrons. The molecular weight excluding hydrogens is 420 g/mol. The second-order valence-electron chi connectivity index (χ2n) is 5.89. The first kappa shape index (κ1) is 19.5. The maximum atomic E-state index is 12.2. The molecule has 5 nitrogen and oxygen atoms in total. The zero-order valence-corrected chi connectivity index (χ0v) is 16.4. The SMILES string of the molecule is O=C(Cc1ccccc1)NN=Cc1ccc(OC(=O)c2ccccc2Br)cc1. The van der Waals surface area contributed by atoms with Crippen molar-refractivity contribution in [1.29, 1.82) is 0 Å². The average Bonchev–Trinajstić information content (AvgIpc) is 2.70. The van der Waals surface area contributed by atoms with E-state index in [9.17, 15) is 9.59 Å². The van der Waals surface area contributed by atoms with Gasteiger partial charge in [0.2, 0.25) is 5.91 Å². The molecule has 6 heteroatoms. The van der Waals surface area contributed by atoms with Gasteiger partial charge >= 0.3 is 5.97 Å². The molecule has 0 saturated carbocycles. The lowest BCUT2D eigenvalue weighted by molar-refractivity contribution is -0.120. The molecule has 0 aliphatic carbocycles. The van der Waals surface area contributed by atoms with E-state index in [1.54, 1.807) is 42.5 Å². The summed E-state index contributed by atoms with van der Waals surface area (Å²) in [7, 11) is 0. The third-order valence-corrected chi connectivity index (χ3v) is 4.49. The van der Waals surface area contributed by atoms with Gasteiger partial charge in [-0.25, -0.2) is 10.2 Å². The minimum absolute atomic E-state index is 0.193. The summed E-state index contributed by atoms with van der Waals surface area (Å²) in [5, 5.41) is 3.95. The summed E-state index contributed by atoms with van der Waals surface area (Å²) < 4.78 is 6.04. The minimum Gasteiger partial charge on any atom is -0.423 e. The number of halogens is 1. The summed E-state index contributed by atoms with van der Waals surface area (Å²) >= 11 is 3.33. The number of hydrogen-bond acceptors (Lipinski definition) is 4. The van der Waals surface area contributed by atoms with E-state index in [4.69, 9.17) is 4.74 Å². The average molecular weight is 437 g/mol. The molecule has 3 rings (SSSR count). The van der Waals surface area contributed by atoms with Crippen molar-refractivity contribution in [2.45, 2.75) is 6.42 Å². The van der Waals surface area contributed by atoms with E-state index in [1.165, 1.54) is 6.21 Å². The Kier molecular flexibility index (Phi) is 6.70. The van der Waals surface area contributed by atoms with Crippen molar-refractivity contribution in [1.82, 2.24) is 5.43 Å². The first-order valence-corrected chi connectivity index (χ1v) is 9.34. The van der Waals surface area contributed by atoms with Gasteiger partial charge in [0, 0.05) is 4.47 Å². The molecule has 0 aliphatic rings. The molecule has 0 atom stereocenters. The summed E-state index contributed by atoms with van der Waals surface area (Å²) in [5.74, 6) is -0.213. The molecule has 0 spiro atoms. The number of esters is 1. The van der Waals surface area contributed by atoms with E-state index in [2.05, 4.69) is 26.5 Å². The van der Waals surface area contributed by atoms with Gasteiger partial charge in [-0.3, -0.25) is 4.79 Å². The molecule has 0 aliphatic heterocycles. The fourth-order valence-electron chi connectivity index (χ4n) is 2.41. The topological polar surface area (TPSA) is 67.8 Å². The zero-order valence-electron chi connectivity index (χ0n) is 14.8. The molecule has 0 heterocycles. The van der Waals surface area contributed by atoms with Crippen LogP contribution in [0.1, 0.15) is 21.5 Å². The molecule has 140 valence electrons. The Hall–Kier alpha value is -3.25. The van der Waals surface area contributed by atoms with Crippen LogP contribution in [0.2, 0.25) is 0 Å². The van der Waals surface area contributed by atoms with Crippen molar-refractivity contribution in [2.24, 2.45) is 5.10 Å². The second-order valence-corrected chi connectivity index (χ2v) is 6.75. The third-order valence-electron chi connectivity index (χ3n) is 3.79. The number of hydrazone groups is 1. The number of carbonyl (C=O) groups is 2. The number of ether oxygens (including phenoxy) is 1. The number of rotatable bonds is 6. The zero-order chi connectivity index (χ0) is 19.8. The van der Waals surface area contributed by atoms with Crippen LogP contribution in [0.25, 0.3) is 0 Å². The van der Waals surface area contributed by atoms with E-state index in [0.717, 1.165) is 11.1 Å². The number of hydrogen-bond donors (Lipinski definition) is 1. The van der Waals surface area contributed by atoms with E-state index in [-0.39, 0.29) is 12.3 Å². The van der Waals surface area contributed by atoms with Crippen LogP contribution >= 0.6 is 15.9 Å². The van der Waals surface area contributed by atoms with Gasteiger partial charge in [-0.2, -0.15) is 5.10 Å². The van der Waals surface area contributed by atoms with Crippen molar-refractivity contribution in [3.8, 4) is 5.75 Å². The number of carbonyl (C=O) groups excluding carboxylic acids is 2. The Balaban J connectivity index is 1.52. The maximum Gasteiger partial charge on any atom is 0.344 e. The fraction of sp³-hybridized carbons (Fsp3) is 0.0455. The highest BCUT2D eigenvalue weighted by Crippen LogP contribution is 2.19. The van der Waals surface area contributed by atoms with Crippen LogP contribution in [0.4, 0.5) is 0 Å². The van der Waals surface area contributed by atoms with Gasteiger partial charge in [-0.15, -0.1) is 0 Å². The van der Waals surface area contributed by atoms with Crippen molar-refractivity contribution in [3.63, 3.8) is 0 Å². The first-order chi connectivity index (χ1) is 13.6. The highest BCUT2D eigenvalue weighted by molar-refractivity contribution is 9.10. The van der Waals surface area contributed by atoms with Gasteiger partial charge in [0.1, 0.15) is 5.75 Å². The van der Waals surface area contributed by atoms with Crippen LogP contribution < -0.4 is 10.2 Å². The third kappa shape index (κ3) is 5.62. The van der Waals surface area contributed by atoms with Crippen LogP contribution in [-0.2, 0) is 11.2 Å². The number of amides is 1. The minimum atomic E-state index is -0.443. The van der Waals surface area contributed by atoms with Crippen LogP contribution in [0.15, 0.2) is 88.4 Å². The monoisotopic (exact) mass is 436 g/mol. The van der Waals surface area contributed by atoms with Gasteiger partial charge in [-0.1, -0.05) is 42.5 Å². The molecule has 28 heavy (non-hydrogen) atoms. The van der Waals surface area contributed by atoms with Crippen molar-refractivity contribution < 1.29 is 14.3 Å². The van der Waals surface area contributed by atoms with Crippen LogP contribution in [0, 0.1) is 0 Å². The Morgan fingerprint density at radius 1 is 0.929 bits per heavy atom. The van der Waals surface area contributed by atoms with Crippen LogP contribution in [0.5, 0.6) is 5.75 Å². The van der Waals surface area contributed by atoms with Crippen molar-refractivity contribution in [2.75, 3.05) is 0 Å². The van der Waals surface area contributed by atoms with Gasteiger partial charge in [-0.05, 0) is 63.5 Å². The predicted molar refractivity (Wildman–Crippen MR) is 111 cm³/mol. The number of benzene rings is 3. The quantitative estimate of drug-likeness (QED) is 0.270. The van der Waals surface area contributed by atoms with Crippen LogP contribution in [-0.4, -0.2) is 18.1 Å². The van der Waals surface area contributed by atoms with E-state index < -0.39 is 5.97 Å². The van der Waals surface area contributed by atoms with Crippen molar-refractivity contribution in [3.05, 3.63) is 100 Å². The van der Waals surface area contributed by atoms with Gasteiger partial charge in [0.15, 0.2) is 0 Å². The molecule has 0 saturated heterocycles. The summed E-state index contributed by atoms with van der Waals surface area (Å²) in [6.45, 7) is 0. The van der Waals surface area contributed by atoms with E-state index in [0.29, 0.717) is 15.8 Å². The van der Waals surface area contributed by atoms with Gasteiger partial charge in [0.25, 0.3) is 0 Å². The lowest BCUT2D eigenvalue weighted by atomic mass is 10.1. The van der Waals surface area contributed by atoms with E-state index in [1.807, 2.05) is 36.4 Å². The Labute approximate surface area is 171 Å². The number of nitrogens with one attached hydrogen (secondary N) is 1. The predicted octanol–water partition coefficient (Wildman–Crippen LogP) is 4.36. The van der Waals surface area contributed by atoms with Gasteiger partial charge < -0.3 is 4.74 Å².